The van der Waals surface area contributed by atoms with Crippen LogP contribution in [0.3, 0.4) is 0 Å². The average molecular weight is 294 g/mol. The van der Waals surface area contributed by atoms with E-state index < -0.39 is 0 Å². The van der Waals surface area contributed by atoms with Crippen LogP contribution in [0.1, 0.15) is 0 Å². The molecule has 0 spiro atoms. The molecule has 0 radical (unpaired) electrons. The van der Waals surface area contributed by atoms with Crippen molar-refractivity contribution in [3.63, 3.8) is 0 Å². The molecule has 2 N–H and O–H groups in total. The second kappa shape index (κ2) is 4.34. The summed E-state index contributed by atoms with van der Waals surface area (Å²) in [7, 11) is 3.03. The van der Waals surface area contributed by atoms with Crippen LogP contribution in [-0.2, 0) is 0 Å². The van der Waals surface area contributed by atoms with Gasteiger partial charge in [0.05, 0.1) is 17.7 Å². The highest BCUT2D eigenvalue weighted by Gasteiger charge is 2.07. The second-order valence-electron chi connectivity index (χ2n) is 2.81. The summed E-state index contributed by atoms with van der Waals surface area (Å²) in [4.78, 5) is 0. The molecule has 4 nitrogen and oxygen atoms in total. The summed E-state index contributed by atoms with van der Waals surface area (Å²) >= 11 is 2.06. The summed E-state index contributed by atoms with van der Waals surface area (Å²) in [6.07, 6.45) is 0. The Labute approximate surface area is 90.4 Å². The zero-order valence-corrected chi connectivity index (χ0v) is 9.58. The lowest BCUT2D eigenvalue weighted by Gasteiger charge is -2.20. The Morgan fingerprint density at radius 3 is 2.15 bits per heavy atom. The molecule has 5 heteroatoms. The summed E-state index contributed by atoms with van der Waals surface area (Å²) in [5.74, 6) is 0. The SMILES string of the molecule is C[NH+]([O-])c1ccc([NH+](C)[O-])c(I)c1. The van der Waals surface area contributed by atoms with Crippen LogP contribution in [0.4, 0.5) is 11.4 Å². The number of hydrogen-bond donors (Lipinski definition) is 2. The summed E-state index contributed by atoms with van der Waals surface area (Å²) in [5.41, 5.74) is 1.32. The fourth-order valence-electron chi connectivity index (χ4n) is 1.02. The Morgan fingerprint density at radius 2 is 1.77 bits per heavy atom. The standard InChI is InChI=1S/C8H11IN2O2/c1-10(12)6-3-4-8(11(2)13)7(9)5-6/h3-5,10-11H,1-2H3. The van der Waals surface area contributed by atoms with Crippen molar-refractivity contribution in [3.05, 3.63) is 32.2 Å². The van der Waals surface area contributed by atoms with E-state index in [2.05, 4.69) is 22.6 Å². The van der Waals surface area contributed by atoms with Crippen LogP contribution in [0.25, 0.3) is 0 Å². The molecular weight excluding hydrogens is 283 g/mol. The fourth-order valence-corrected chi connectivity index (χ4v) is 1.91. The van der Waals surface area contributed by atoms with E-state index in [1.165, 1.54) is 14.1 Å². The Morgan fingerprint density at radius 1 is 1.15 bits per heavy atom. The van der Waals surface area contributed by atoms with Crippen LogP contribution in [-0.4, -0.2) is 14.1 Å². The molecule has 2 atom stereocenters. The fraction of sp³-hybridized carbons (Fsp3) is 0.250. The van der Waals surface area contributed by atoms with Gasteiger partial charge in [-0.1, -0.05) is 0 Å². The molecule has 1 rings (SSSR count). The first-order valence-corrected chi connectivity index (χ1v) is 4.91. The second-order valence-corrected chi connectivity index (χ2v) is 3.97. The summed E-state index contributed by atoms with van der Waals surface area (Å²) in [6.45, 7) is 0. The van der Waals surface area contributed by atoms with E-state index in [1.807, 2.05) is 0 Å². The van der Waals surface area contributed by atoms with E-state index in [4.69, 9.17) is 0 Å². The molecule has 0 heterocycles. The van der Waals surface area contributed by atoms with Crippen molar-refractivity contribution in [2.24, 2.45) is 0 Å². The summed E-state index contributed by atoms with van der Waals surface area (Å²) in [6, 6.07) is 5.11. The van der Waals surface area contributed by atoms with Crippen molar-refractivity contribution in [3.8, 4) is 0 Å². The normalized spacial score (nSPS) is 15.5. The Kier molecular flexibility index (Phi) is 3.63. The molecule has 13 heavy (non-hydrogen) atoms. The number of hydroxylamine groups is 2. The molecule has 0 saturated heterocycles. The highest BCUT2D eigenvalue weighted by Crippen LogP contribution is 2.16. The van der Waals surface area contributed by atoms with Crippen LogP contribution in [0.5, 0.6) is 0 Å². The van der Waals surface area contributed by atoms with Gasteiger partial charge in [-0.05, 0) is 22.6 Å². The minimum Gasteiger partial charge on any atom is -0.629 e. The topological polar surface area (TPSA) is 55.0 Å². The van der Waals surface area contributed by atoms with E-state index >= 15 is 0 Å². The van der Waals surface area contributed by atoms with E-state index in [-0.39, 0.29) is 10.1 Å². The first kappa shape index (κ1) is 10.9. The van der Waals surface area contributed by atoms with Gasteiger partial charge < -0.3 is 20.5 Å². The highest BCUT2D eigenvalue weighted by atomic mass is 127. The lowest BCUT2D eigenvalue weighted by molar-refractivity contribution is -0.754. The van der Waals surface area contributed by atoms with Crippen LogP contribution < -0.4 is 10.1 Å². The van der Waals surface area contributed by atoms with Gasteiger partial charge in [-0.25, -0.2) is 0 Å². The van der Waals surface area contributed by atoms with Gasteiger partial charge in [0.1, 0.15) is 11.4 Å². The van der Waals surface area contributed by atoms with Crippen LogP contribution in [0, 0.1) is 14.0 Å². The van der Waals surface area contributed by atoms with Gasteiger partial charge in [-0.3, -0.25) is 0 Å². The third-order valence-electron chi connectivity index (χ3n) is 1.75. The predicted molar refractivity (Wildman–Crippen MR) is 59.0 cm³/mol. The lowest BCUT2D eigenvalue weighted by atomic mass is 10.3. The number of halogens is 1. The summed E-state index contributed by atoms with van der Waals surface area (Å²) < 4.78 is 0.831. The molecule has 0 fully saturated rings. The first-order chi connectivity index (χ1) is 6.02. The third kappa shape index (κ3) is 2.61. The van der Waals surface area contributed by atoms with Crippen molar-refractivity contribution in [1.29, 1.82) is 0 Å². The average Bonchev–Trinajstić information content (AvgIpc) is 2.03. The Hall–Kier alpha value is -0.210. The number of benzene rings is 1. The van der Waals surface area contributed by atoms with E-state index in [1.54, 1.807) is 18.2 Å². The molecule has 2 unspecified atom stereocenters. The maximum Gasteiger partial charge on any atom is 0.144 e. The number of nitrogens with one attached hydrogen (secondary N) is 2. The Bertz CT molecular complexity index is 302. The van der Waals surface area contributed by atoms with Gasteiger partial charge in [-0.2, -0.15) is 0 Å². The lowest BCUT2D eigenvalue weighted by Crippen LogP contribution is -2.99. The molecule has 0 bridgehead atoms. The third-order valence-corrected chi connectivity index (χ3v) is 2.65. The number of quaternary nitrogens is 2. The molecule has 0 aliphatic carbocycles. The number of hydrogen-bond acceptors (Lipinski definition) is 2. The minimum absolute atomic E-state index is 0.0213. The predicted octanol–water partition coefficient (Wildman–Crippen LogP) is -0.421. The van der Waals surface area contributed by atoms with Crippen molar-refractivity contribution in [2.75, 3.05) is 14.1 Å². The molecule has 1 aromatic carbocycles. The van der Waals surface area contributed by atoms with Crippen LogP contribution >= 0.6 is 22.6 Å². The molecule has 1 aromatic rings. The highest BCUT2D eigenvalue weighted by molar-refractivity contribution is 14.1. The Balaban J connectivity index is 3.06. The molecule has 0 amide bonds. The zero-order valence-electron chi connectivity index (χ0n) is 7.43. The maximum absolute atomic E-state index is 11.1. The first-order valence-electron chi connectivity index (χ1n) is 3.84. The maximum atomic E-state index is 11.1. The van der Waals surface area contributed by atoms with E-state index in [9.17, 15) is 10.4 Å². The van der Waals surface area contributed by atoms with Gasteiger partial charge in [-0.15, -0.1) is 0 Å². The van der Waals surface area contributed by atoms with Crippen molar-refractivity contribution >= 4 is 34.0 Å². The number of rotatable bonds is 2. The molecule has 0 aliphatic heterocycles. The van der Waals surface area contributed by atoms with E-state index in [0.717, 1.165) is 3.57 Å². The van der Waals surface area contributed by atoms with Gasteiger partial charge in [0.25, 0.3) is 0 Å². The molecule has 0 saturated carbocycles. The van der Waals surface area contributed by atoms with Gasteiger partial charge in [0.15, 0.2) is 0 Å². The molecule has 72 valence electrons. The van der Waals surface area contributed by atoms with Crippen molar-refractivity contribution < 1.29 is 10.1 Å². The molecule has 0 aromatic heterocycles. The van der Waals surface area contributed by atoms with Gasteiger partial charge in [0.2, 0.25) is 0 Å². The quantitative estimate of drug-likeness (QED) is 0.575. The van der Waals surface area contributed by atoms with Gasteiger partial charge >= 0.3 is 0 Å². The molecular formula is C8H11IN2O2. The van der Waals surface area contributed by atoms with Crippen LogP contribution in [0.15, 0.2) is 18.2 Å². The van der Waals surface area contributed by atoms with E-state index in [0.29, 0.717) is 11.4 Å². The van der Waals surface area contributed by atoms with Crippen molar-refractivity contribution in [2.45, 2.75) is 0 Å². The van der Waals surface area contributed by atoms with Crippen molar-refractivity contribution in [1.82, 2.24) is 0 Å². The molecule has 0 aliphatic rings. The zero-order chi connectivity index (χ0) is 10.0. The summed E-state index contributed by atoms with van der Waals surface area (Å²) in [5, 5.41) is 22.1. The smallest absolute Gasteiger partial charge is 0.144 e. The largest absolute Gasteiger partial charge is 0.629 e. The minimum atomic E-state index is 0.0213. The monoisotopic (exact) mass is 294 g/mol. The van der Waals surface area contributed by atoms with Gasteiger partial charge in [0, 0.05) is 18.2 Å². The van der Waals surface area contributed by atoms with Crippen LogP contribution in [0.2, 0.25) is 0 Å².